The zero-order chi connectivity index (χ0) is 12.4. The van der Waals surface area contributed by atoms with Gasteiger partial charge in [0, 0.05) is 7.11 Å². The molecule has 0 saturated heterocycles. The van der Waals surface area contributed by atoms with Crippen LogP contribution in [0.25, 0.3) is 0 Å². The van der Waals surface area contributed by atoms with E-state index in [0.29, 0.717) is 11.5 Å². The van der Waals surface area contributed by atoms with Gasteiger partial charge in [0.05, 0.1) is 6.10 Å². The summed E-state index contributed by atoms with van der Waals surface area (Å²) in [5.74, 6) is 0. The Balaban J connectivity index is 3.51. The monoisotopic (exact) mass is 228 g/mol. The van der Waals surface area contributed by atoms with Crippen LogP contribution in [0.15, 0.2) is 0 Å². The van der Waals surface area contributed by atoms with Crippen molar-refractivity contribution in [3.8, 4) is 0 Å². The number of ether oxygens (including phenoxy) is 1. The molecule has 0 heterocycles. The second-order valence-corrected chi connectivity index (χ2v) is 6.16. The molecule has 1 atom stereocenters. The van der Waals surface area contributed by atoms with Gasteiger partial charge in [-0.15, -0.1) is 0 Å². The van der Waals surface area contributed by atoms with Crippen LogP contribution in [0.1, 0.15) is 79.1 Å². The van der Waals surface area contributed by atoms with Gasteiger partial charge in [0.2, 0.25) is 0 Å². The van der Waals surface area contributed by atoms with Crippen molar-refractivity contribution in [1.29, 1.82) is 0 Å². The first-order valence-corrected chi connectivity index (χ1v) is 7.02. The Morgan fingerprint density at radius 2 is 1.56 bits per heavy atom. The highest BCUT2D eigenvalue weighted by Crippen LogP contribution is 2.23. The molecule has 0 N–H and O–H groups in total. The standard InChI is InChI=1S/C15H32O/c1-6-7-8-9-11-14(16-5)12-10-13-15(2,3)4/h14H,6-13H2,1-5H3/t14-/m1/s1. The first-order valence-electron chi connectivity index (χ1n) is 7.02. The van der Waals surface area contributed by atoms with Crippen LogP contribution >= 0.6 is 0 Å². The molecular weight excluding hydrogens is 196 g/mol. The molecule has 16 heavy (non-hydrogen) atoms. The van der Waals surface area contributed by atoms with E-state index in [1.807, 2.05) is 7.11 Å². The van der Waals surface area contributed by atoms with Crippen molar-refractivity contribution >= 4 is 0 Å². The number of rotatable bonds is 9. The second kappa shape index (κ2) is 9.04. The van der Waals surface area contributed by atoms with Crippen molar-refractivity contribution in [3.05, 3.63) is 0 Å². The minimum Gasteiger partial charge on any atom is -0.381 e. The zero-order valence-electron chi connectivity index (χ0n) is 12.1. The Bertz CT molecular complexity index is 146. The van der Waals surface area contributed by atoms with Crippen LogP contribution in [0.3, 0.4) is 0 Å². The molecule has 0 radical (unpaired) electrons. The van der Waals surface area contributed by atoms with E-state index in [4.69, 9.17) is 4.74 Å². The highest BCUT2D eigenvalue weighted by Gasteiger charge is 2.12. The van der Waals surface area contributed by atoms with Crippen LogP contribution in [0.2, 0.25) is 0 Å². The summed E-state index contributed by atoms with van der Waals surface area (Å²) in [6.07, 6.45) is 11.0. The van der Waals surface area contributed by atoms with Crippen LogP contribution < -0.4 is 0 Å². The van der Waals surface area contributed by atoms with Crippen molar-refractivity contribution in [2.45, 2.75) is 85.2 Å². The average Bonchev–Trinajstić information content (AvgIpc) is 2.20. The molecule has 0 aliphatic rings. The molecule has 0 amide bonds. The summed E-state index contributed by atoms with van der Waals surface area (Å²) >= 11 is 0. The van der Waals surface area contributed by atoms with Crippen molar-refractivity contribution in [2.24, 2.45) is 5.41 Å². The molecule has 0 aliphatic carbocycles. The smallest absolute Gasteiger partial charge is 0.0571 e. The number of hydrogen-bond donors (Lipinski definition) is 0. The molecule has 0 fully saturated rings. The molecule has 98 valence electrons. The SMILES string of the molecule is CCCCCC[C@H](CCCC(C)(C)C)OC. The quantitative estimate of drug-likeness (QED) is 0.494. The largest absolute Gasteiger partial charge is 0.381 e. The lowest BCUT2D eigenvalue weighted by atomic mass is 9.89. The Morgan fingerprint density at radius 3 is 2.06 bits per heavy atom. The number of hydrogen-bond acceptors (Lipinski definition) is 1. The summed E-state index contributed by atoms with van der Waals surface area (Å²) in [5, 5.41) is 0. The van der Waals surface area contributed by atoms with E-state index < -0.39 is 0 Å². The zero-order valence-corrected chi connectivity index (χ0v) is 12.1. The summed E-state index contributed by atoms with van der Waals surface area (Å²) in [6, 6.07) is 0. The van der Waals surface area contributed by atoms with Crippen LogP contribution in [-0.2, 0) is 4.74 Å². The molecule has 0 rings (SSSR count). The first kappa shape index (κ1) is 16.0. The summed E-state index contributed by atoms with van der Waals surface area (Å²) < 4.78 is 5.55. The highest BCUT2D eigenvalue weighted by molar-refractivity contribution is 4.65. The Hall–Kier alpha value is -0.0400. The Labute approximate surface area is 103 Å². The van der Waals surface area contributed by atoms with Crippen LogP contribution in [0.4, 0.5) is 0 Å². The third-order valence-corrected chi connectivity index (χ3v) is 3.17. The van der Waals surface area contributed by atoms with E-state index in [1.165, 1.54) is 51.4 Å². The van der Waals surface area contributed by atoms with Gasteiger partial charge in [-0.05, 0) is 24.7 Å². The van der Waals surface area contributed by atoms with Crippen LogP contribution in [0.5, 0.6) is 0 Å². The van der Waals surface area contributed by atoms with Gasteiger partial charge < -0.3 is 4.74 Å². The predicted molar refractivity (Wildman–Crippen MR) is 72.9 cm³/mol. The van der Waals surface area contributed by atoms with Gasteiger partial charge in [0.1, 0.15) is 0 Å². The van der Waals surface area contributed by atoms with Crippen LogP contribution in [-0.4, -0.2) is 13.2 Å². The van der Waals surface area contributed by atoms with Gasteiger partial charge in [-0.1, -0.05) is 59.8 Å². The summed E-state index contributed by atoms with van der Waals surface area (Å²) in [5.41, 5.74) is 0.473. The molecule has 0 saturated carbocycles. The molecule has 1 heteroatoms. The minimum atomic E-state index is 0.473. The van der Waals surface area contributed by atoms with Crippen LogP contribution in [0, 0.1) is 5.41 Å². The summed E-state index contributed by atoms with van der Waals surface area (Å²) in [7, 11) is 1.86. The van der Waals surface area contributed by atoms with E-state index in [9.17, 15) is 0 Å². The number of methoxy groups -OCH3 is 1. The summed E-state index contributed by atoms with van der Waals surface area (Å²) in [4.78, 5) is 0. The predicted octanol–water partition coefficient (Wildman–Crippen LogP) is 5.19. The van der Waals surface area contributed by atoms with E-state index in [-0.39, 0.29) is 0 Å². The Morgan fingerprint density at radius 1 is 0.938 bits per heavy atom. The third kappa shape index (κ3) is 10.5. The maximum atomic E-state index is 5.55. The van der Waals surface area contributed by atoms with Gasteiger partial charge >= 0.3 is 0 Å². The van der Waals surface area contributed by atoms with E-state index in [1.54, 1.807) is 0 Å². The van der Waals surface area contributed by atoms with Crippen molar-refractivity contribution in [2.75, 3.05) is 7.11 Å². The number of unbranched alkanes of at least 4 members (excludes halogenated alkanes) is 3. The van der Waals surface area contributed by atoms with Crippen molar-refractivity contribution in [1.82, 2.24) is 0 Å². The molecule has 0 unspecified atom stereocenters. The van der Waals surface area contributed by atoms with Gasteiger partial charge in [0.25, 0.3) is 0 Å². The molecule has 0 aromatic heterocycles. The van der Waals surface area contributed by atoms with Gasteiger partial charge in [0.15, 0.2) is 0 Å². The molecular formula is C15H32O. The summed E-state index contributed by atoms with van der Waals surface area (Å²) in [6.45, 7) is 9.21. The van der Waals surface area contributed by atoms with E-state index >= 15 is 0 Å². The molecule has 0 bridgehead atoms. The molecule has 0 spiro atoms. The third-order valence-electron chi connectivity index (χ3n) is 3.17. The fourth-order valence-corrected chi connectivity index (χ4v) is 2.04. The minimum absolute atomic E-state index is 0.473. The molecule has 0 aromatic rings. The topological polar surface area (TPSA) is 9.23 Å². The lowest BCUT2D eigenvalue weighted by molar-refractivity contribution is 0.0809. The van der Waals surface area contributed by atoms with Gasteiger partial charge in [-0.2, -0.15) is 0 Å². The first-order chi connectivity index (χ1) is 7.49. The second-order valence-electron chi connectivity index (χ2n) is 6.16. The normalized spacial score (nSPS) is 14.1. The lowest BCUT2D eigenvalue weighted by Gasteiger charge is -2.20. The Kier molecular flexibility index (Phi) is 9.02. The average molecular weight is 228 g/mol. The molecule has 0 aromatic carbocycles. The lowest BCUT2D eigenvalue weighted by Crippen LogP contribution is -2.12. The van der Waals surface area contributed by atoms with E-state index in [0.717, 1.165) is 0 Å². The van der Waals surface area contributed by atoms with Gasteiger partial charge in [-0.25, -0.2) is 0 Å². The maximum Gasteiger partial charge on any atom is 0.0571 e. The molecule has 0 aliphatic heterocycles. The fourth-order valence-electron chi connectivity index (χ4n) is 2.04. The van der Waals surface area contributed by atoms with Crippen molar-refractivity contribution in [3.63, 3.8) is 0 Å². The molecule has 1 nitrogen and oxygen atoms in total. The fraction of sp³-hybridized carbons (Fsp3) is 1.00. The van der Waals surface area contributed by atoms with E-state index in [2.05, 4.69) is 27.7 Å². The van der Waals surface area contributed by atoms with Gasteiger partial charge in [-0.3, -0.25) is 0 Å². The highest BCUT2D eigenvalue weighted by atomic mass is 16.5. The van der Waals surface area contributed by atoms with Crippen molar-refractivity contribution < 1.29 is 4.74 Å². The maximum absolute atomic E-state index is 5.55.